The number of nitrogens with zero attached hydrogens (tertiary/aromatic N) is 3. The number of aromatic nitrogens is 2. The molecule has 19 heavy (non-hydrogen) atoms. The monoisotopic (exact) mass is 291 g/mol. The molecule has 1 aliphatic carbocycles. The maximum absolute atomic E-state index is 12.2. The van der Waals surface area contributed by atoms with Crippen LogP contribution in [0.1, 0.15) is 19.3 Å². The van der Waals surface area contributed by atoms with Gasteiger partial charge in [-0.3, -0.25) is 9.36 Å². The molecular formula is C13H13N3OS2. The third-order valence-electron chi connectivity index (χ3n) is 3.49. The predicted octanol–water partition coefficient (Wildman–Crippen LogP) is 2.78. The van der Waals surface area contributed by atoms with E-state index in [4.69, 9.17) is 5.26 Å². The maximum Gasteiger partial charge on any atom is 0.271 e. The first-order valence-electron chi connectivity index (χ1n) is 6.19. The molecule has 2 aromatic rings. The first-order chi connectivity index (χ1) is 9.19. The van der Waals surface area contributed by atoms with Crippen molar-refractivity contribution in [2.75, 3.05) is 0 Å². The molecule has 6 heteroatoms. The van der Waals surface area contributed by atoms with Gasteiger partial charge in [-0.2, -0.15) is 5.26 Å². The highest BCUT2D eigenvalue weighted by atomic mass is 32.2. The van der Waals surface area contributed by atoms with Crippen LogP contribution >= 0.6 is 23.1 Å². The van der Waals surface area contributed by atoms with Crippen LogP contribution in [0.4, 0.5) is 0 Å². The average Bonchev–Trinajstić information content (AvgIpc) is 3.04. The number of rotatable bonds is 2. The van der Waals surface area contributed by atoms with Crippen LogP contribution < -0.4 is 5.56 Å². The largest absolute Gasteiger partial charge is 0.290 e. The van der Waals surface area contributed by atoms with E-state index in [-0.39, 0.29) is 11.5 Å². The molecular weight excluding hydrogens is 278 g/mol. The van der Waals surface area contributed by atoms with E-state index in [1.807, 2.05) is 11.4 Å². The molecule has 0 radical (unpaired) electrons. The first-order valence-corrected chi connectivity index (χ1v) is 7.95. The molecule has 1 saturated carbocycles. The van der Waals surface area contributed by atoms with Crippen LogP contribution in [0.5, 0.6) is 0 Å². The minimum Gasteiger partial charge on any atom is -0.290 e. The molecule has 0 bridgehead atoms. The van der Waals surface area contributed by atoms with E-state index in [1.165, 1.54) is 11.3 Å². The molecule has 2 atom stereocenters. The summed E-state index contributed by atoms with van der Waals surface area (Å²) >= 11 is 3.07. The van der Waals surface area contributed by atoms with Crippen LogP contribution in [-0.4, -0.2) is 14.8 Å². The summed E-state index contributed by atoms with van der Waals surface area (Å²) in [5.41, 5.74) is 0.808. The van der Waals surface area contributed by atoms with Gasteiger partial charge in [-0.15, -0.1) is 11.3 Å². The summed E-state index contributed by atoms with van der Waals surface area (Å²) in [5.74, 6) is 0.166. The van der Waals surface area contributed by atoms with Crippen LogP contribution in [0.15, 0.2) is 21.4 Å². The van der Waals surface area contributed by atoms with E-state index in [1.54, 1.807) is 23.4 Å². The molecule has 0 aromatic carbocycles. The van der Waals surface area contributed by atoms with Gasteiger partial charge in [0.15, 0.2) is 5.16 Å². The van der Waals surface area contributed by atoms with Gasteiger partial charge in [0.1, 0.15) is 4.70 Å². The summed E-state index contributed by atoms with van der Waals surface area (Å²) in [5, 5.41) is 12.0. The normalized spacial score (nSPS) is 22.7. The molecule has 1 aliphatic rings. The van der Waals surface area contributed by atoms with Gasteiger partial charge < -0.3 is 0 Å². The Bertz CT molecular complexity index is 713. The number of fused-ring (bicyclic) bond motifs is 1. The number of hydrogen-bond donors (Lipinski definition) is 0. The lowest BCUT2D eigenvalue weighted by molar-refractivity contribution is 0.700. The van der Waals surface area contributed by atoms with Gasteiger partial charge in [-0.25, -0.2) is 4.98 Å². The van der Waals surface area contributed by atoms with E-state index >= 15 is 0 Å². The predicted molar refractivity (Wildman–Crippen MR) is 77.5 cm³/mol. The Morgan fingerprint density at radius 2 is 2.42 bits per heavy atom. The Kier molecular flexibility index (Phi) is 3.33. The van der Waals surface area contributed by atoms with Crippen LogP contribution in [0.3, 0.4) is 0 Å². The van der Waals surface area contributed by atoms with E-state index in [0.29, 0.717) is 9.95 Å². The van der Waals surface area contributed by atoms with Gasteiger partial charge in [-0.05, 0) is 30.7 Å². The lowest BCUT2D eigenvalue weighted by Gasteiger charge is -2.11. The van der Waals surface area contributed by atoms with Gasteiger partial charge in [0.2, 0.25) is 0 Å². The molecule has 2 heterocycles. The molecule has 98 valence electrons. The lowest BCUT2D eigenvalue weighted by atomic mass is 10.1. The lowest BCUT2D eigenvalue weighted by Crippen LogP contribution is -2.19. The average molecular weight is 291 g/mol. The van der Waals surface area contributed by atoms with Crippen molar-refractivity contribution in [3.63, 3.8) is 0 Å². The zero-order chi connectivity index (χ0) is 13.4. The van der Waals surface area contributed by atoms with Crippen molar-refractivity contribution < 1.29 is 0 Å². The third-order valence-corrected chi connectivity index (χ3v) is 5.71. The van der Waals surface area contributed by atoms with E-state index in [0.717, 1.165) is 29.9 Å². The second kappa shape index (κ2) is 4.99. The Balaban J connectivity index is 1.91. The van der Waals surface area contributed by atoms with E-state index in [2.05, 4.69) is 11.1 Å². The number of thiophene rings is 1. The highest BCUT2D eigenvalue weighted by molar-refractivity contribution is 7.99. The minimum atomic E-state index is 0.0253. The van der Waals surface area contributed by atoms with E-state index < -0.39 is 0 Å². The van der Waals surface area contributed by atoms with E-state index in [9.17, 15) is 4.79 Å². The van der Waals surface area contributed by atoms with Crippen LogP contribution in [0.25, 0.3) is 10.2 Å². The molecule has 3 rings (SSSR count). The van der Waals surface area contributed by atoms with Crippen molar-refractivity contribution in [1.29, 1.82) is 5.26 Å². The van der Waals surface area contributed by atoms with Crippen LogP contribution in [0, 0.1) is 17.2 Å². The topological polar surface area (TPSA) is 58.7 Å². The standard InChI is InChI=1S/C13H13N3OS2/c1-16-12(17)11-10(4-5-18-11)15-13(16)19-9-3-2-8(6-9)7-14/h4-5,8-9H,2-3,6H2,1H3/t8-,9-/m0/s1. The van der Waals surface area contributed by atoms with Crippen LogP contribution in [0.2, 0.25) is 0 Å². The first kappa shape index (κ1) is 12.7. The molecule has 0 spiro atoms. The highest BCUT2D eigenvalue weighted by Gasteiger charge is 2.26. The summed E-state index contributed by atoms with van der Waals surface area (Å²) in [6.45, 7) is 0. The molecule has 0 unspecified atom stereocenters. The second-order valence-corrected chi connectivity index (χ2v) is 6.96. The fraction of sp³-hybridized carbons (Fsp3) is 0.462. The Morgan fingerprint density at radius 3 is 3.16 bits per heavy atom. The molecule has 0 aliphatic heterocycles. The fourth-order valence-corrected chi connectivity index (χ4v) is 4.46. The minimum absolute atomic E-state index is 0.0253. The summed E-state index contributed by atoms with van der Waals surface area (Å²) in [6, 6.07) is 4.22. The summed E-state index contributed by atoms with van der Waals surface area (Å²) in [4.78, 5) is 16.7. The smallest absolute Gasteiger partial charge is 0.271 e. The fourth-order valence-electron chi connectivity index (χ4n) is 2.39. The molecule has 0 saturated heterocycles. The summed E-state index contributed by atoms with van der Waals surface area (Å²) < 4.78 is 2.34. The highest BCUT2D eigenvalue weighted by Crippen LogP contribution is 2.36. The number of nitriles is 1. The summed E-state index contributed by atoms with van der Waals surface area (Å²) in [7, 11) is 1.77. The zero-order valence-electron chi connectivity index (χ0n) is 10.5. The number of hydrogen-bond acceptors (Lipinski definition) is 5. The Hall–Kier alpha value is -1.32. The van der Waals surface area contributed by atoms with Gasteiger partial charge in [0, 0.05) is 18.2 Å². The van der Waals surface area contributed by atoms with Gasteiger partial charge in [-0.1, -0.05) is 11.8 Å². The quantitative estimate of drug-likeness (QED) is 0.798. The molecule has 2 aromatic heterocycles. The van der Waals surface area contributed by atoms with Crippen molar-refractivity contribution in [1.82, 2.24) is 9.55 Å². The third kappa shape index (κ3) is 2.28. The zero-order valence-corrected chi connectivity index (χ0v) is 12.1. The van der Waals surface area contributed by atoms with Crippen LogP contribution in [-0.2, 0) is 7.05 Å². The SMILES string of the molecule is Cn1c(S[C@H]2CC[C@H](C#N)C2)nc2ccsc2c1=O. The van der Waals surface area contributed by atoms with Crippen molar-refractivity contribution in [2.24, 2.45) is 13.0 Å². The molecule has 1 fully saturated rings. The molecule has 0 N–H and O–H groups in total. The summed E-state index contributed by atoms with van der Waals surface area (Å²) in [6.07, 6.45) is 2.89. The molecule has 0 amide bonds. The Labute approximate surface area is 119 Å². The van der Waals surface area contributed by atoms with Crippen molar-refractivity contribution in [3.8, 4) is 6.07 Å². The number of thioether (sulfide) groups is 1. The van der Waals surface area contributed by atoms with Gasteiger partial charge in [0.25, 0.3) is 5.56 Å². The maximum atomic E-state index is 12.2. The second-order valence-electron chi connectivity index (χ2n) is 4.77. The van der Waals surface area contributed by atoms with Crippen molar-refractivity contribution in [2.45, 2.75) is 29.7 Å². The van der Waals surface area contributed by atoms with Crippen molar-refractivity contribution >= 4 is 33.3 Å². The Morgan fingerprint density at radius 1 is 1.58 bits per heavy atom. The molecule has 4 nitrogen and oxygen atoms in total. The van der Waals surface area contributed by atoms with Crippen molar-refractivity contribution in [3.05, 3.63) is 21.8 Å². The van der Waals surface area contributed by atoms with Gasteiger partial charge in [0.05, 0.1) is 11.6 Å². The van der Waals surface area contributed by atoms with Gasteiger partial charge >= 0.3 is 0 Å².